The molecule has 1 N–H and O–H groups in total. The summed E-state index contributed by atoms with van der Waals surface area (Å²) >= 11 is 0. The van der Waals surface area contributed by atoms with Gasteiger partial charge in [0.2, 0.25) is 0 Å². The van der Waals surface area contributed by atoms with Gasteiger partial charge in [-0.15, -0.1) is 0 Å². The Balaban J connectivity index is 2.19. The van der Waals surface area contributed by atoms with Crippen LogP contribution in [0.2, 0.25) is 0 Å². The minimum atomic E-state index is -0.116. The van der Waals surface area contributed by atoms with Gasteiger partial charge in [-0.2, -0.15) is 0 Å². The molecule has 0 saturated heterocycles. The molecule has 3 heteroatoms. The second kappa shape index (κ2) is 4.83. The predicted molar refractivity (Wildman–Crippen MR) is 65.2 cm³/mol. The van der Waals surface area contributed by atoms with Crippen LogP contribution in [0.25, 0.3) is 0 Å². The van der Waals surface area contributed by atoms with Gasteiger partial charge in [0.15, 0.2) is 0 Å². The number of nitrogens with one attached hydrogen (secondary N) is 1. The Morgan fingerprint density at radius 2 is 2.19 bits per heavy atom. The molecule has 2 nitrogen and oxygen atoms in total. The van der Waals surface area contributed by atoms with Gasteiger partial charge in [-0.1, -0.05) is 6.07 Å². The topological polar surface area (TPSA) is 15.3 Å². The van der Waals surface area contributed by atoms with Crippen LogP contribution in [0.3, 0.4) is 0 Å². The number of halogens is 1. The summed E-state index contributed by atoms with van der Waals surface area (Å²) in [7, 11) is 3.89. The van der Waals surface area contributed by atoms with Crippen molar-refractivity contribution in [3.05, 3.63) is 29.6 Å². The highest BCUT2D eigenvalue weighted by Gasteiger charge is 2.24. The van der Waals surface area contributed by atoms with Crippen molar-refractivity contribution >= 4 is 5.69 Å². The Labute approximate surface area is 96.5 Å². The molecule has 1 aromatic rings. The molecule has 1 saturated carbocycles. The van der Waals surface area contributed by atoms with Crippen LogP contribution in [0.15, 0.2) is 18.2 Å². The highest BCUT2D eigenvalue weighted by Crippen LogP contribution is 2.32. The van der Waals surface area contributed by atoms with Crippen LogP contribution >= 0.6 is 0 Å². The van der Waals surface area contributed by atoms with Crippen molar-refractivity contribution in [2.75, 3.05) is 25.5 Å². The minimum absolute atomic E-state index is 0.116. The molecule has 0 aromatic heterocycles. The van der Waals surface area contributed by atoms with Crippen molar-refractivity contribution in [2.24, 2.45) is 5.92 Å². The second-order valence-electron chi connectivity index (χ2n) is 4.59. The van der Waals surface area contributed by atoms with E-state index in [0.29, 0.717) is 6.54 Å². The lowest BCUT2D eigenvalue weighted by molar-refractivity contribution is 0.599. The molecule has 0 unspecified atom stereocenters. The SMILES string of the molecule is CNCc1c(F)cccc1N(C)CC1CC1. The van der Waals surface area contributed by atoms with Crippen LogP contribution in [-0.2, 0) is 6.54 Å². The van der Waals surface area contributed by atoms with E-state index in [2.05, 4.69) is 10.2 Å². The fraction of sp³-hybridized carbons (Fsp3) is 0.538. The highest BCUT2D eigenvalue weighted by molar-refractivity contribution is 5.53. The quantitative estimate of drug-likeness (QED) is 0.823. The minimum Gasteiger partial charge on any atom is -0.374 e. The van der Waals surface area contributed by atoms with E-state index in [9.17, 15) is 4.39 Å². The summed E-state index contributed by atoms with van der Waals surface area (Å²) < 4.78 is 13.7. The number of benzene rings is 1. The Morgan fingerprint density at radius 3 is 2.81 bits per heavy atom. The average Bonchev–Trinajstić information content (AvgIpc) is 3.05. The molecule has 0 heterocycles. The number of anilines is 1. The molecule has 88 valence electrons. The normalized spacial score (nSPS) is 15.2. The maximum atomic E-state index is 13.7. The third kappa shape index (κ3) is 2.53. The molecule has 0 amide bonds. The van der Waals surface area contributed by atoms with E-state index in [-0.39, 0.29) is 5.82 Å². The molecular formula is C13H19FN2. The van der Waals surface area contributed by atoms with Crippen LogP contribution in [0.4, 0.5) is 10.1 Å². The van der Waals surface area contributed by atoms with E-state index in [0.717, 1.165) is 23.7 Å². The molecule has 0 atom stereocenters. The van der Waals surface area contributed by atoms with Crippen LogP contribution in [0.5, 0.6) is 0 Å². The standard InChI is InChI=1S/C13H19FN2/c1-15-8-11-12(14)4-3-5-13(11)16(2)9-10-6-7-10/h3-5,10,15H,6-9H2,1-2H3. The van der Waals surface area contributed by atoms with Crippen molar-refractivity contribution in [1.29, 1.82) is 0 Å². The first-order chi connectivity index (χ1) is 7.72. The first-order valence-electron chi connectivity index (χ1n) is 5.85. The number of hydrogen-bond donors (Lipinski definition) is 1. The van der Waals surface area contributed by atoms with Crippen LogP contribution in [0, 0.1) is 11.7 Å². The zero-order chi connectivity index (χ0) is 11.5. The van der Waals surface area contributed by atoms with Gasteiger partial charge < -0.3 is 10.2 Å². The average molecular weight is 222 g/mol. The third-order valence-electron chi connectivity index (χ3n) is 3.09. The summed E-state index contributed by atoms with van der Waals surface area (Å²) in [5.41, 5.74) is 1.79. The summed E-state index contributed by atoms with van der Waals surface area (Å²) in [5, 5.41) is 3.02. The zero-order valence-electron chi connectivity index (χ0n) is 9.96. The first-order valence-corrected chi connectivity index (χ1v) is 5.85. The van der Waals surface area contributed by atoms with Gasteiger partial charge in [-0.3, -0.25) is 0 Å². The summed E-state index contributed by atoms with van der Waals surface area (Å²) in [6.07, 6.45) is 2.64. The van der Waals surface area contributed by atoms with Crippen molar-refractivity contribution in [3.63, 3.8) is 0 Å². The van der Waals surface area contributed by atoms with Crippen LogP contribution in [0.1, 0.15) is 18.4 Å². The summed E-state index contributed by atoms with van der Waals surface area (Å²) in [4.78, 5) is 2.17. The summed E-state index contributed by atoms with van der Waals surface area (Å²) in [6, 6.07) is 5.31. The van der Waals surface area contributed by atoms with Crippen molar-refractivity contribution < 1.29 is 4.39 Å². The van der Waals surface area contributed by atoms with E-state index in [4.69, 9.17) is 0 Å². The van der Waals surface area contributed by atoms with Gasteiger partial charge in [0.05, 0.1) is 0 Å². The Morgan fingerprint density at radius 1 is 1.44 bits per heavy atom. The molecule has 2 rings (SSSR count). The monoisotopic (exact) mass is 222 g/mol. The van der Waals surface area contributed by atoms with E-state index in [1.807, 2.05) is 20.2 Å². The van der Waals surface area contributed by atoms with Crippen molar-refractivity contribution in [2.45, 2.75) is 19.4 Å². The predicted octanol–water partition coefficient (Wildman–Crippen LogP) is 2.39. The number of hydrogen-bond acceptors (Lipinski definition) is 2. The van der Waals surface area contributed by atoms with Crippen molar-refractivity contribution in [1.82, 2.24) is 5.32 Å². The van der Waals surface area contributed by atoms with Gasteiger partial charge in [-0.25, -0.2) is 4.39 Å². The van der Waals surface area contributed by atoms with Gasteiger partial charge in [0, 0.05) is 31.4 Å². The smallest absolute Gasteiger partial charge is 0.129 e. The van der Waals surface area contributed by atoms with Crippen LogP contribution < -0.4 is 10.2 Å². The lowest BCUT2D eigenvalue weighted by Crippen LogP contribution is -2.23. The summed E-state index contributed by atoms with van der Waals surface area (Å²) in [6.45, 7) is 1.62. The molecule has 0 bridgehead atoms. The molecule has 0 aliphatic heterocycles. The lowest BCUT2D eigenvalue weighted by atomic mass is 10.1. The van der Waals surface area contributed by atoms with Gasteiger partial charge in [0.25, 0.3) is 0 Å². The van der Waals surface area contributed by atoms with E-state index in [1.54, 1.807) is 6.07 Å². The van der Waals surface area contributed by atoms with E-state index in [1.165, 1.54) is 18.9 Å². The Kier molecular flexibility index (Phi) is 3.44. The molecule has 0 spiro atoms. The van der Waals surface area contributed by atoms with Gasteiger partial charge in [-0.05, 0) is 37.9 Å². The fourth-order valence-electron chi connectivity index (χ4n) is 2.04. The zero-order valence-corrected chi connectivity index (χ0v) is 9.96. The largest absolute Gasteiger partial charge is 0.374 e. The summed E-state index contributed by atoms with van der Waals surface area (Å²) in [5.74, 6) is 0.699. The van der Waals surface area contributed by atoms with Crippen LogP contribution in [-0.4, -0.2) is 20.6 Å². The maximum absolute atomic E-state index is 13.7. The molecule has 1 aliphatic rings. The molecule has 1 fully saturated rings. The van der Waals surface area contributed by atoms with E-state index >= 15 is 0 Å². The second-order valence-corrected chi connectivity index (χ2v) is 4.59. The fourth-order valence-corrected chi connectivity index (χ4v) is 2.04. The molecule has 1 aromatic carbocycles. The van der Waals surface area contributed by atoms with Crippen molar-refractivity contribution in [3.8, 4) is 0 Å². The molecule has 1 aliphatic carbocycles. The Hall–Kier alpha value is -1.09. The highest BCUT2D eigenvalue weighted by atomic mass is 19.1. The number of nitrogens with zero attached hydrogens (tertiary/aromatic N) is 1. The number of rotatable bonds is 5. The molecule has 16 heavy (non-hydrogen) atoms. The lowest BCUT2D eigenvalue weighted by Gasteiger charge is -2.22. The third-order valence-corrected chi connectivity index (χ3v) is 3.09. The Bertz CT molecular complexity index is 361. The molecule has 0 radical (unpaired) electrons. The van der Waals surface area contributed by atoms with Gasteiger partial charge in [0.1, 0.15) is 5.82 Å². The van der Waals surface area contributed by atoms with Gasteiger partial charge >= 0.3 is 0 Å². The maximum Gasteiger partial charge on any atom is 0.129 e. The first kappa shape index (κ1) is 11.4. The van der Waals surface area contributed by atoms with E-state index < -0.39 is 0 Å². The molecular weight excluding hydrogens is 203 g/mol.